The molecule has 9 heteroatoms. The second-order valence-electron chi connectivity index (χ2n) is 7.52. The molecule has 0 aliphatic rings. The molecule has 32 heavy (non-hydrogen) atoms. The Balaban J connectivity index is 1.40. The van der Waals surface area contributed by atoms with Crippen molar-refractivity contribution in [3.63, 3.8) is 0 Å². The van der Waals surface area contributed by atoms with Gasteiger partial charge in [-0.2, -0.15) is 0 Å². The highest BCUT2D eigenvalue weighted by Crippen LogP contribution is 2.08. The van der Waals surface area contributed by atoms with Gasteiger partial charge in [0.2, 0.25) is 0 Å². The molecule has 0 radical (unpaired) electrons. The van der Waals surface area contributed by atoms with Crippen molar-refractivity contribution in [2.24, 2.45) is 7.05 Å². The zero-order valence-corrected chi connectivity index (χ0v) is 18.9. The lowest BCUT2D eigenvalue weighted by molar-refractivity contribution is -0.139. The average Bonchev–Trinajstić information content (AvgIpc) is 3.45. The molecule has 1 amide bonds. The van der Waals surface area contributed by atoms with Gasteiger partial charge < -0.3 is 25.6 Å². The number of nitrogens with zero attached hydrogens (tertiary/aromatic N) is 2. The van der Waals surface area contributed by atoms with Crippen LogP contribution in [0.2, 0.25) is 0 Å². The number of amides is 1. The number of benzene rings is 1. The van der Waals surface area contributed by atoms with E-state index in [1.807, 2.05) is 47.5 Å². The van der Waals surface area contributed by atoms with Crippen LogP contribution in [0.15, 0.2) is 54.2 Å². The van der Waals surface area contributed by atoms with E-state index >= 15 is 0 Å². The van der Waals surface area contributed by atoms with Gasteiger partial charge in [0.15, 0.2) is 0 Å². The monoisotopic (exact) mass is 455 g/mol. The lowest BCUT2D eigenvalue weighted by atomic mass is 10.1. The van der Waals surface area contributed by atoms with Gasteiger partial charge in [0.05, 0.1) is 0 Å². The zero-order chi connectivity index (χ0) is 22.8. The van der Waals surface area contributed by atoms with Crippen molar-refractivity contribution in [3.05, 3.63) is 76.0 Å². The van der Waals surface area contributed by atoms with Crippen molar-refractivity contribution in [2.45, 2.75) is 38.5 Å². The van der Waals surface area contributed by atoms with E-state index in [0.717, 1.165) is 22.8 Å². The number of thiazole rings is 1. The predicted octanol–water partition coefficient (Wildman–Crippen LogP) is 2.52. The summed E-state index contributed by atoms with van der Waals surface area (Å²) in [5.41, 5.74) is 2.65. The number of carbonyl (C=O) groups is 2. The minimum absolute atomic E-state index is 0.361. The summed E-state index contributed by atoms with van der Waals surface area (Å²) in [6.07, 6.45) is 4.77. The van der Waals surface area contributed by atoms with Crippen molar-refractivity contribution >= 4 is 23.2 Å². The second kappa shape index (κ2) is 12.1. The highest BCUT2D eigenvalue weighted by Gasteiger charge is 2.20. The number of carboxylic acid groups (broad SMARTS) is 1. The van der Waals surface area contributed by atoms with Crippen LogP contribution in [0.1, 0.15) is 39.5 Å². The first-order chi connectivity index (χ1) is 15.5. The summed E-state index contributed by atoms with van der Waals surface area (Å²) in [7, 11) is 1.98. The molecule has 170 valence electrons. The number of aromatic nitrogens is 2. The normalized spacial score (nSPS) is 11.9. The Labute approximate surface area is 191 Å². The third-order valence-electron chi connectivity index (χ3n) is 5.11. The van der Waals surface area contributed by atoms with E-state index in [0.29, 0.717) is 38.0 Å². The SMILES string of the molecule is Cn1cccc1CNCCC[C@H](NC(=O)c1ccc(CNCc2nccs2)cc1)C(=O)O. The van der Waals surface area contributed by atoms with Gasteiger partial charge in [-0.3, -0.25) is 4.79 Å². The maximum absolute atomic E-state index is 12.5. The molecule has 2 aromatic heterocycles. The van der Waals surface area contributed by atoms with Crippen LogP contribution in [0, 0.1) is 0 Å². The van der Waals surface area contributed by atoms with Crippen LogP contribution in [0.25, 0.3) is 0 Å². The molecule has 0 saturated carbocycles. The Morgan fingerprint density at radius 3 is 2.59 bits per heavy atom. The predicted molar refractivity (Wildman–Crippen MR) is 124 cm³/mol. The molecule has 3 aromatic rings. The molecular formula is C23H29N5O3S. The minimum Gasteiger partial charge on any atom is -0.480 e. The standard InChI is InChI=1S/C23H29N5O3S/c1-28-12-3-4-19(28)15-24-10-2-5-20(23(30)31)27-22(29)18-8-6-17(7-9-18)14-25-16-21-26-11-13-32-21/h3-4,6-9,11-13,20,24-25H,2,5,10,14-16H2,1H3,(H,27,29)(H,30,31)/t20-/m0/s1. The summed E-state index contributed by atoms with van der Waals surface area (Å²) >= 11 is 1.60. The number of aryl methyl sites for hydroxylation is 1. The van der Waals surface area contributed by atoms with Crippen LogP contribution >= 0.6 is 11.3 Å². The number of carboxylic acids is 1. The zero-order valence-electron chi connectivity index (χ0n) is 18.1. The van der Waals surface area contributed by atoms with Gasteiger partial charge >= 0.3 is 5.97 Å². The topological polar surface area (TPSA) is 108 Å². The third-order valence-corrected chi connectivity index (χ3v) is 5.89. The first-order valence-electron chi connectivity index (χ1n) is 10.6. The lowest BCUT2D eigenvalue weighted by Crippen LogP contribution is -2.41. The van der Waals surface area contributed by atoms with Gasteiger partial charge in [-0.15, -0.1) is 11.3 Å². The summed E-state index contributed by atoms with van der Waals surface area (Å²) in [6, 6.07) is 10.3. The van der Waals surface area contributed by atoms with E-state index in [1.54, 1.807) is 29.7 Å². The highest BCUT2D eigenvalue weighted by atomic mass is 32.1. The maximum Gasteiger partial charge on any atom is 0.326 e. The van der Waals surface area contributed by atoms with Crippen LogP contribution in [0.5, 0.6) is 0 Å². The van der Waals surface area contributed by atoms with Gasteiger partial charge in [-0.1, -0.05) is 12.1 Å². The summed E-state index contributed by atoms with van der Waals surface area (Å²) in [5, 5.41) is 21.7. The van der Waals surface area contributed by atoms with Gasteiger partial charge in [-0.25, -0.2) is 9.78 Å². The molecule has 0 bridgehead atoms. The molecular weight excluding hydrogens is 426 g/mol. The van der Waals surface area contributed by atoms with E-state index in [9.17, 15) is 14.7 Å². The Kier molecular flexibility index (Phi) is 8.97. The van der Waals surface area contributed by atoms with Crippen LogP contribution < -0.4 is 16.0 Å². The number of hydrogen-bond donors (Lipinski definition) is 4. The Bertz CT molecular complexity index is 985. The molecule has 1 aromatic carbocycles. The van der Waals surface area contributed by atoms with E-state index in [4.69, 9.17) is 0 Å². The fourth-order valence-corrected chi connectivity index (χ4v) is 3.84. The van der Waals surface area contributed by atoms with E-state index in [2.05, 4.69) is 20.9 Å². The van der Waals surface area contributed by atoms with Gasteiger partial charge in [-0.05, 0) is 49.2 Å². The smallest absolute Gasteiger partial charge is 0.326 e. The summed E-state index contributed by atoms with van der Waals surface area (Å²) in [4.78, 5) is 28.3. The minimum atomic E-state index is -1.02. The number of aliphatic carboxylic acids is 1. The first kappa shape index (κ1) is 23.6. The van der Waals surface area contributed by atoms with Crippen LogP contribution in [-0.4, -0.2) is 39.1 Å². The van der Waals surface area contributed by atoms with Crippen molar-refractivity contribution in [2.75, 3.05) is 6.54 Å². The van der Waals surface area contributed by atoms with E-state index in [1.165, 1.54) is 0 Å². The second-order valence-corrected chi connectivity index (χ2v) is 8.50. The fraction of sp³-hybridized carbons (Fsp3) is 0.348. The number of nitrogens with one attached hydrogen (secondary N) is 3. The van der Waals surface area contributed by atoms with Gasteiger partial charge in [0, 0.05) is 55.7 Å². The quantitative estimate of drug-likeness (QED) is 0.295. The number of carbonyl (C=O) groups excluding carboxylic acids is 1. The lowest BCUT2D eigenvalue weighted by Gasteiger charge is -2.15. The molecule has 0 fully saturated rings. The van der Waals surface area contributed by atoms with Gasteiger partial charge in [0.1, 0.15) is 11.0 Å². The molecule has 0 aliphatic carbocycles. The van der Waals surface area contributed by atoms with Crippen LogP contribution in [-0.2, 0) is 31.5 Å². The Hall–Kier alpha value is -3.01. The van der Waals surface area contributed by atoms with E-state index < -0.39 is 12.0 Å². The molecule has 0 aliphatic heterocycles. The molecule has 1 atom stereocenters. The Morgan fingerprint density at radius 1 is 1.12 bits per heavy atom. The third kappa shape index (κ3) is 7.30. The molecule has 0 saturated heterocycles. The average molecular weight is 456 g/mol. The van der Waals surface area contributed by atoms with Crippen molar-refractivity contribution < 1.29 is 14.7 Å². The largest absolute Gasteiger partial charge is 0.480 e. The highest BCUT2D eigenvalue weighted by molar-refractivity contribution is 7.09. The number of rotatable bonds is 13. The number of hydrogen-bond acceptors (Lipinski definition) is 6. The van der Waals surface area contributed by atoms with Crippen molar-refractivity contribution in [1.82, 2.24) is 25.5 Å². The van der Waals surface area contributed by atoms with Crippen molar-refractivity contribution in [1.29, 1.82) is 0 Å². The van der Waals surface area contributed by atoms with Crippen LogP contribution in [0.4, 0.5) is 0 Å². The molecule has 0 unspecified atom stereocenters. The Morgan fingerprint density at radius 2 is 1.94 bits per heavy atom. The molecule has 2 heterocycles. The van der Waals surface area contributed by atoms with Gasteiger partial charge in [0.25, 0.3) is 5.91 Å². The summed E-state index contributed by atoms with van der Waals surface area (Å²) in [6.45, 7) is 2.75. The summed E-state index contributed by atoms with van der Waals surface area (Å²) < 4.78 is 2.04. The van der Waals surface area contributed by atoms with Crippen LogP contribution in [0.3, 0.4) is 0 Å². The van der Waals surface area contributed by atoms with Crippen molar-refractivity contribution in [3.8, 4) is 0 Å². The maximum atomic E-state index is 12.5. The molecule has 3 rings (SSSR count). The van der Waals surface area contributed by atoms with E-state index in [-0.39, 0.29) is 5.91 Å². The molecule has 4 N–H and O–H groups in total. The summed E-state index contributed by atoms with van der Waals surface area (Å²) in [5.74, 6) is -1.40. The fourth-order valence-electron chi connectivity index (χ4n) is 3.25. The first-order valence-corrected chi connectivity index (χ1v) is 11.4. The molecule has 8 nitrogen and oxygen atoms in total. The molecule has 0 spiro atoms.